The number of rotatable bonds is 4. The minimum atomic E-state index is 0.394. The smallest absolute Gasteiger partial charge is 0.161 e. The third-order valence-electron chi connectivity index (χ3n) is 2.95. The van der Waals surface area contributed by atoms with Crippen LogP contribution in [0.5, 0.6) is 0 Å². The topological polar surface area (TPSA) is 54.2 Å². The van der Waals surface area contributed by atoms with Gasteiger partial charge in [0.2, 0.25) is 0 Å². The van der Waals surface area contributed by atoms with E-state index in [4.69, 9.17) is 29.0 Å². The maximum absolute atomic E-state index is 6.19. The first kappa shape index (κ1) is 14.9. The quantitative estimate of drug-likeness (QED) is 0.669. The third-order valence-corrected chi connectivity index (χ3v) is 3.52. The van der Waals surface area contributed by atoms with E-state index in [0.29, 0.717) is 28.2 Å². The van der Waals surface area contributed by atoms with Crippen molar-refractivity contribution in [2.24, 2.45) is 5.84 Å². The highest BCUT2D eigenvalue weighted by atomic mass is 35.5. The first-order valence-electron chi connectivity index (χ1n) is 6.10. The normalized spacial score (nSPS) is 10.4. The molecule has 0 saturated carbocycles. The predicted octanol–water partition coefficient (Wildman–Crippen LogP) is 3.62. The van der Waals surface area contributed by atoms with Crippen molar-refractivity contribution in [3.05, 3.63) is 51.5 Å². The summed E-state index contributed by atoms with van der Waals surface area (Å²) >= 11 is 12.2. The van der Waals surface area contributed by atoms with Crippen LogP contribution in [0.25, 0.3) is 0 Å². The van der Waals surface area contributed by atoms with Gasteiger partial charge in [-0.2, -0.15) is 0 Å². The second-order valence-electron chi connectivity index (χ2n) is 4.61. The van der Waals surface area contributed by atoms with Crippen LogP contribution < -0.4 is 16.2 Å². The Morgan fingerprint density at radius 1 is 1.20 bits per heavy atom. The summed E-state index contributed by atoms with van der Waals surface area (Å²) in [6.07, 6.45) is 0. The minimum absolute atomic E-state index is 0.394. The molecule has 2 aromatic rings. The van der Waals surface area contributed by atoms with Crippen molar-refractivity contribution < 1.29 is 0 Å². The lowest BCUT2D eigenvalue weighted by Gasteiger charge is -2.20. The number of pyridine rings is 1. The molecule has 0 radical (unpaired) electrons. The molecule has 106 valence electrons. The number of aromatic nitrogens is 1. The fraction of sp³-hybridized carbons (Fsp3) is 0.214. The summed E-state index contributed by atoms with van der Waals surface area (Å²) in [7, 11) is 1.92. The number of nitrogen functional groups attached to an aromatic ring is 1. The molecule has 0 atom stereocenters. The highest BCUT2D eigenvalue weighted by Crippen LogP contribution is 2.31. The number of nitrogens with one attached hydrogen (secondary N) is 1. The van der Waals surface area contributed by atoms with Crippen molar-refractivity contribution in [3.63, 3.8) is 0 Å². The fourth-order valence-electron chi connectivity index (χ4n) is 1.87. The lowest BCUT2D eigenvalue weighted by molar-refractivity contribution is 0.897. The first-order valence-corrected chi connectivity index (χ1v) is 6.86. The predicted molar refractivity (Wildman–Crippen MR) is 85.4 cm³/mol. The van der Waals surface area contributed by atoms with Crippen molar-refractivity contribution in [3.8, 4) is 0 Å². The van der Waals surface area contributed by atoms with Gasteiger partial charge in [-0.3, -0.25) is 0 Å². The largest absolute Gasteiger partial charge is 0.354 e. The van der Waals surface area contributed by atoms with Crippen molar-refractivity contribution in [1.29, 1.82) is 0 Å². The van der Waals surface area contributed by atoms with Crippen LogP contribution in [0.2, 0.25) is 10.0 Å². The summed E-state index contributed by atoms with van der Waals surface area (Å²) in [5, 5.41) is 0.883. The Morgan fingerprint density at radius 3 is 2.45 bits per heavy atom. The molecule has 2 rings (SSSR count). The molecule has 20 heavy (non-hydrogen) atoms. The Kier molecular flexibility index (Phi) is 4.70. The molecule has 1 aromatic heterocycles. The van der Waals surface area contributed by atoms with Gasteiger partial charge in [0.15, 0.2) is 5.82 Å². The van der Waals surface area contributed by atoms with E-state index in [-0.39, 0.29) is 0 Å². The van der Waals surface area contributed by atoms with Crippen LogP contribution in [0.1, 0.15) is 11.1 Å². The van der Waals surface area contributed by atoms with Crippen LogP contribution in [-0.2, 0) is 6.54 Å². The molecule has 0 fully saturated rings. The molecule has 0 aliphatic carbocycles. The van der Waals surface area contributed by atoms with E-state index in [0.717, 1.165) is 0 Å². The van der Waals surface area contributed by atoms with E-state index in [1.54, 1.807) is 6.07 Å². The Labute approximate surface area is 128 Å². The molecule has 0 aliphatic heterocycles. The number of nitrogens with zero attached hydrogens (tertiary/aromatic N) is 2. The molecule has 0 amide bonds. The Bertz CT molecular complexity index is 599. The SMILES string of the molecule is Cc1ccc(CN(C)c2nc(NN)c(Cl)cc2Cl)cc1. The zero-order chi connectivity index (χ0) is 14.7. The Morgan fingerprint density at radius 2 is 1.85 bits per heavy atom. The lowest BCUT2D eigenvalue weighted by atomic mass is 10.1. The summed E-state index contributed by atoms with van der Waals surface area (Å²) in [5.41, 5.74) is 4.87. The van der Waals surface area contributed by atoms with Gasteiger partial charge in [-0.05, 0) is 18.6 Å². The monoisotopic (exact) mass is 310 g/mol. The summed E-state index contributed by atoms with van der Waals surface area (Å²) in [6, 6.07) is 9.95. The molecular weight excluding hydrogens is 295 g/mol. The van der Waals surface area contributed by atoms with Crippen LogP contribution in [0.3, 0.4) is 0 Å². The van der Waals surface area contributed by atoms with E-state index in [1.807, 2.05) is 11.9 Å². The zero-order valence-corrected chi connectivity index (χ0v) is 12.8. The highest BCUT2D eigenvalue weighted by molar-refractivity contribution is 6.37. The molecule has 0 saturated heterocycles. The van der Waals surface area contributed by atoms with E-state index in [1.165, 1.54) is 11.1 Å². The molecular formula is C14H16Cl2N4. The fourth-order valence-corrected chi connectivity index (χ4v) is 2.43. The van der Waals surface area contributed by atoms with Crippen LogP contribution >= 0.6 is 23.2 Å². The summed E-state index contributed by atoms with van der Waals surface area (Å²) in [4.78, 5) is 6.28. The second kappa shape index (κ2) is 6.31. The van der Waals surface area contributed by atoms with Gasteiger partial charge in [-0.1, -0.05) is 53.0 Å². The van der Waals surface area contributed by atoms with E-state index in [9.17, 15) is 0 Å². The second-order valence-corrected chi connectivity index (χ2v) is 5.42. The molecule has 0 bridgehead atoms. The van der Waals surface area contributed by atoms with Crippen molar-refractivity contribution in [1.82, 2.24) is 4.98 Å². The Hall–Kier alpha value is -1.49. The average molecular weight is 311 g/mol. The van der Waals surface area contributed by atoms with Crippen LogP contribution in [0.15, 0.2) is 30.3 Å². The Balaban J connectivity index is 2.24. The number of anilines is 2. The molecule has 3 N–H and O–H groups in total. The number of hydrogen-bond donors (Lipinski definition) is 2. The number of benzene rings is 1. The van der Waals surface area contributed by atoms with Crippen molar-refractivity contribution in [2.75, 3.05) is 17.4 Å². The van der Waals surface area contributed by atoms with E-state index < -0.39 is 0 Å². The molecule has 6 heteroatoms. The zero-order valence-electron chi connectivity index (χ0n) is 11.3. The van der Waals surface area contributed by atoms with Gasteiger partial charge in [0.1, 0.15) is 5.82 Å². The summed E-state index contributed by atoms with van der Waals surface area (Å²) in [6.45, 7) is 2.75. The molecule has 1 heterocycles. The maximum Gasteiger partial charge on any atom is 0.161 e. The lowest BCUT2D eigenvalue weighted by Crippen LogP contribution is -2.19. The molecule has 0 spiro atoms. The molecule has 4 nitrogen and oxygen atoms in total. The maximum atomic E-state index is 6.19. The average Bonchev–Trinajstić information content (AvgIpc) is 2.41. The number of aryl methyl sites for hydroxylation is 1. The molecule has 0 aliphatic rings. The van der Waals surface area contributed by atoms with Gasteiger partial charge < -0.3 is 10.3 Å². The first-order chi connectivity index (χ1) is 9.51. The van der Waals surface area contributed by atoms with E-state index in [2.05, 4.69) is 41.6 Å². The van der Waals surface area contributed by atoms with Gasteiger partial charge in [0, 0.05) is 13.6 Å². The number of halogens is 2. The van der Waals surface area contributed by atoms with Gasteiger partial charge in [-0.25, -0.2) is 10.8 Å². The number of hydrogen-bond acceptors (Lipinski definition) is 4. The highest BCUT2D eigenvalue weighted by Gasteiger charge is 2.12. The molecule has 0 unspecified atom stereocenters. The van der Waals surface area contributed by atoms with Gasteiger partial charge in [0.05, 0.1) is 10.0 Å². The summed E-state index contributed by atoms with van der Waals surface area (Å²) in [5.74, 6) is 6.41. The van der Waals surface area contributed by atoms with E-state index >= 15 is 0 Å². The van der Waals surface area contributed by atoms with Crippen molar-refractivity contribution in [2.45, 2.75) is 13.5 Å². The third kappa shape index (κ3) is 3.33. The summed E-state index contributed by atoms with van der Waals surface area (Å²) < 4.78 is 0. The van der Waals surface area contributed by atoms with Gasteiger partial charge >= 0.3 is 0 Å². The van der Waals surface area contributed by atoms with Gasteiger partial charge in [-0.15, -0.1) is 0 Å². The van der Waals surface area contributed by atoms with Crippen LogP contribution in [-0.4, -0.2) is 12.0 Å². The van der Waals surface area contributed by atoms with Crippen LogP contribution in [0, 0.1) is 6.92 Å². The minimum Gasteiger partial charge on any atom is -0.354 e. The van der Waals surface area contributed by atoms with Crippen LogP contribution in [0.4, 0.5) is 11.6 Å². The standard InChI is InChI=1S/C14H16Cl2N4/c1-9-3-5-10(6-4-9)8-20(2)14-12(16)7-11(15)13(18-14)19-17/h3-7H,8,17H2,1-2H3,(H,18,19). The molecule has 1 aromatic carbocycles. The van der Waals surface area contributed by atoms with Gasteiger partial charge in [0.25, 0.3) is 0 Å². The number of nitrogens with two attached hydrogens (primary N) is 1. The van der Waals surface area contributed by atoms with Crippen molar-refractivity contribution >= 4 is 34.8 Å². The number of hydrazine groups is 1.